The molecule has 0 unspecified atom stereocenters. The van der Waals surface area contributed by atoms with E-state index in [1.54, 1.807) is 0 Å². The van der Waals surface area contributed by atoms with Crippen LogP contribution in [0.25, 0.3) is 0 Å². The fraction of sp³-hybridized carbons (Fsp3) is 0.762. The first-order chi connectivity index (χ1) is 13.6. The Labute approximate surface area is 174 Å². The van der Waals surface area contributed by atoms with Crippen LogP contribution in [0, 0.1) is 0 Å². The zero-order valence-electron chi connectivity index (χ0n) is 17.7. The monoisotopic (exact) mass is 439 g/mol. The molecule has 0 atom stereocenters. The third-order valence-electron chi connectivity index (χ3n) is 4.54. The first-order valence-electron chi connectivity index (χ1n) is 10.6. The first kappa shape index (κ1) is 27.8. The van der Waals surface area contributed by atoms with Crippen molar-refractivity contribution in [3.63, 3.8) is 0 Å². The molecule has 0 saturated carbocycles. The SMILES string of the molecule is CCCCCCCCCCC[n+]1cccc(CCCC)c1.O=S(=O)([O-])C(F)(F)F. The summed E-state index contributed by atoms with van der Waals surface area (Å²) in [6.07, 6.45) is 21.1. The highest BCUT2D eigenvalue weighted by Gasteiger charge is 2.36. The molecule has 1 aromatic heterocycles. The van der Waals surface area contributed by atoms with Crippen molar-refractivity contribution in [1.82, 2.24) is 0 Å². The number of unbranched alkanes of at least 4 members (excludes halogenated alkanes) is 9. The van der Waals surface area contributed by atoms with Crippen molar-refractivity contribution in [3.8, 4) is 0 Å². The maximum absolute atomic E-state index is 10.7. The predicted octanol–water partition coefficient (Wildman–Crippen LogP) is 5.90. The van der Waals surface area contributed by atoms with Gasteiger partial charge in [0.1, 0.15) is 6.54 Å². The van der Waals surface area contributed by atoms with Crippen LogP contribution >= 0.6 is 0 Å². The van der Waals surface area contributed by atoms with Gasteiger partial charge in [0, 0.05) is 18.1 Å². The highest BCUT2D eigenvalue weighted by atomic mass is 32.2. The van der Waals surface area contributed by atoms with Gasteiger partial charge in [0.2, 0.25) is 0 Å². The van der Waals surface area contributed by atoms with Gasteiger partial charge in [0.15, 0.2) is 22.5 Å². The summed E-state index contributed by atoms with van der Waals surface area (Å²) in [5, 5.41) is 0. The summed E-state index contributed by atoms with van der Waals surface area (Å²) in [5.74, 6) is 0. The number of alkyl halides is 3. The van der Waals surface area contributed by atoms with E-state index in [4.69, 9.17) is 13.0 Å². The number of aryl methyl sites for hydroxylation is 2. The van der Waals surface area contributed by atoms with Gasteiger partial charge in [-0.1, -0.05) is 65.2 Å². The van der Waals surface area contributed by atoms with Crippen molar-refractivity contribution in [2.24, 2.45) is 0 Å². The first-order valence-corrected chi connectivity index (χ1v) is 12.0. The molecule has 0 amide bonds. The van der Waals surface area contributed by atoms with E-state index < -0.39 is 15.6 Å². The van der Waals surface area contributed by atoms with Gasteiger partial charge in [-0.05, 0) is 25.3 Å². The topological polar surface area (TPSA) is 61.1 Å². The maximum atomic E-state index is 10.7. The number of halogens is 3. The lowest BCUT2D eigenvalue weighted by Gasteiger charge is -2.08. The summed E-state index contributed by atoms with van der Waals surface area (Å²) in [4.78, 5) is 0. The summed E-state index contributed by atoms with van der Waals surface area (Å²) < 4.78 is 61.3. The van der Waals surface area contributed by atoms with Crippen LogP contribution in [0.4, 0.5) is 13.2 Å². The fourth-order valence-electron chi connectivity index (χ4n) is 2.85. The van der Waals surface area contributed by atoms with Crippen LogP contribution in [-0.2, 0) is 23.1 Å². The molecule has 0 spiro atoms. The highest BCUT2D eigenvalue weighted by molar-refractivity contribution is 7.86. The minimum absolute atomic E-state index is 1.19. The Balaban J connectivity index is 0.000000828. The van der Waals surface area contributed by atoms with Gasteiger partial charge in [-0.15, -0.1) is 0 Å². The van der Waals surface area contributed by atoms with Crippen molar-refractivity contribution in [1.29, 1.82) is 0 Å². The lowest BCUT2D eigenvalue weighted by atomic mass is 10.1. The summed E-state index contributed by atoms with van der Waals surface area (Å²) in [6.45, 7) is 5.74. The van der Waals surface area contributed by atoms with Crippen molar-refractivity contribution in [2.75, 3.05) is 0 Å². The van der Waals surface area contributed by atoms with E-state index in [0.717, 1.165) is 0 Å². The van der Waals surface area contributed by atoms with E-state index >= 15 is 0 Å². The summed E-state index contributed by atoms with van der Waals surface area (Å²) >= 11 is 0. The van der Waals surface area contributed by atoms with E-state index in [1.165, 1.54) is 89.2 Å². The third kappa shape index (κ3) is 15.4. The summed E-state index contributed by atoms with van der Waals surface area (Å²) in [6, 6.07) is 4.47. The van der Waals surface area contributed by atoms with E-state index in [9.17, 15) is 13.2 Å². The van der Waals surface area contributed by atoms with E-state index in [2.05, 4.69) is 42.9 Å². The standard InChI is InChI=1S/C20H36N.CHF3O3S/c1-3-5-7-8-9-10-11-12-13-17-21-18-14-16-20(19-21)15-6-4-2;2-1(3,4)8(5,6)7/h14,16,18-19H,3-13,15,17H2,1-2H3;(H,5,6,7)/q+1;/p-1. The van der Waals surface area contributed by atoms with Crippen molar-refractivity contribution in [3.05, 3.63) is 30.1 Å². The number of rotatable bonds is 13. The van der Waals surface area contributed by atoms with E-state index in [1.807, 2.05) is 0 Å². The minimum Gasteiger partial charge on any atom is -0.741 e. The molecule has 0 radical (unpaired) electrons. The van der Waals surface area contributed by atoms with E-state index in [-0.39, 0.29) is 0 Å². The van der Waals surface area contributed by atoms with Crippen molar-refractivity contribution < 1.29 is 30.7 Å². The average Bonchev–Trinajstić information content (AvgIpc) is 2.64. The van der Waals surface area contributed by atoms with Crippen LogP contribution in [0.3, 0.4) is 0 Å². The smallest absolute Gasteiger partial charge is 0.485 e. The molecule has 0 saturated heterocycles. The maximum Gasteiger partial charge on any atom is 0.485 e. The third-order valence-corrected chi connectivity index (χ3v) is 5.11. The molecule has 29 heavy (non-hydrogen) atoms. The number of hydrogen-bond donors (Lipinski definition) is 0. The number of hydrogen-bond acceptors (Lipinski definition) is 3. The Morgan fingerprint density at radius 1 is 0.897 bits per heavy atom. The molecule has 0 N–H and O–H groups in total. The zero-order chi connectivity index (χ0) is 22.2. The molecule has 0 aliphatic carbocycles. The van der Waals surface area contributed by atoms with Crippen LogP contribution in [0.15, 0.2) is 24.5 Å². The highest BCUT2D eigenvalue weighted by Crippen LogP contribution is 2.20. The second-order valence-corrected chi connectivity index (χ2v) is 8.65. The Morgan fingerprint density at radius 3 is 1.86 bits per heavy atom. The lowest BCUT2D eigenvalue weighted by molar-refractivity contribution is -0.697. The quantitative estimate of drug-likeness (QED) is 0.166. The fourth-order valence-corrected chi connectivity index (χ4v) is 2.85. The van der Waals surface area contributed by atoms with Gasteiger partial charge in [0.25, 0.3) is 0 Å². The van der Waals surface area contributed by atoms with Gasteiger partial charge in [-0.25, -0.2) is 13.0 Å². The van der Waals surface area contributed by atoms with Gasteiger partial charge in [0.05, 0.1) is 0 Å². The second-order valence-electron chi connectivity index (χ2n) is 7.28. The number of nitrogens with zero attached hydrogens (tertiary/aromatic N) is 1. The predicted molar refractivity (Wildman–Crippen MR) is 108 cm³/mol. The van der Waals surface area contributed by atoms with Crippen LogP contribution in [0.1, 0.15) is 90.0 Å². The van der Waals surface area contributed by atoms with Crippen molar-refractivity contribution in [2.45, 2.75) is 103 Å². The van der Waals surface area contributed by atoms with Crippen LogP contribution in [-0.4, -0.2) is 18.5 Å². The molecule has 1 aromatic rings. The Bertz CT molecular complexity index is 634. The molecule has 0 aromatic carbocycles. The van der Waals surface area contributed by atoms with Crippen LogP contribution in [0.5, 0.6) is 0 Å². The number of pyridine rings is 1. The average molecular weight is 440 g/mol. The van der Waals surface area contributed by atoms with Gasteiger partial charge >= 0.3 is 5.51 Å². The normalized spacial score (nSPS) is 11.8. The number of aromatic nitrogens is 1. The molecule has 1 heterocycles. The molecule has 1 rings (SSSR count). The summed E-state index contributed by atoms with van der Waals surface area (Å²) in [7, 11) is -6.09. The molecule has 0 fully saturated rings. The van der Waals surface area contributed by atoms with E-state index in [0.29, 0.717) is 0 Å². The zero-order valence-corrected chi connectivity index (χ0v) is 18.5. The molecule has 4 nitrogen and oxygen atoms in total. The Morgan fingerprint density at radius 2 is 1.38 bits per heavy atom. The molecule has 170 valence electrons. The molecule has 8 heteroatoms. The van der Waals surface area contributed by atoms with Crippen molar-refractivity contribution >= 4 is 10.1 Å². The Hall–Kier alpha value is -1.15. The largest absolute Gasteiger partial charge is 0.741 e. The van der Waals surface area contributed by atoms with Gasteiger partial charge in [-0.3, -0.25) is 0 Å². The molecule has 0 aliphatic heterocycles. The minimum atomic E-state index is -6.09. The van der Waals surface area contributed by atoms with Crippen LogP contribution in [0.2, 0.25) is 0 Å². The molecule has 0 bridgehead atoms. The second kappa shape index (κ2) is 15.7. The molecular formula is C21H36F3NO3S. The summed E-state index contributed by atoms with van der Waals surface area (Å²) in [5.41, 5.74) is -4.15. The Kier molecular flexibility index (Phi) is 15.0. The molecule has 0 aliphatic rings. The van der Waals surface area contributed by atoms with Crippen LogP contribution < -0.4 is 4.57 Å². The van der Waals surface area contributed by atoms with Gasteiger partial charge < -0.3 is 4.55 Å². The lowest BCUT2D eigenvalue weighted by Crippen LogP contribution is -2.33. The molecular weight excluding hydrogens is 403 g/mol. The van der Waals surface area contributed by atoms with Gasteiger partial charge in [-0.2, -0.15) is 13.2 Å².